The van der Waals surface area contributed by atoms with Crippen molar-refractivity contribution in [3.05, 3.63) is 47.5 Å². The number of nitrogens with one attached hydrogen (secondary N) is 2. The molecule has 0 spiro atoms. The lowest BCUT2D eigenvalue weighted by molar-refractivity contribution is -0.123. The fraction of sp³-hybridized carbons (Fsp3) is 0.350. The molecule has 158 valence electrons. The predicted molar refractivity (Wildman–Crippen MR) is 113 cm³/mol. The number of anilines is 1. The van der Waals surface area contributed by atoms with Crippen molar-refractivity contribution in [2.45, 2.75) is 25.7 Å². The predicted octanol–water partition coefficient (Wildman–Crippen LogP) is 3.69. The van der Waals surface area contributed by atoms with E-state index < -0.39 is 10.0 Å². The van der Waals surface area contributed by atoms with Crippen molar-refractivity contribution in [2.75, 3.05) is 24.5 Å². The first kappa shape index (κ1) is 22.8. The maximum Gasteiger partial charge on any atom is 0.261 e. The van der Waals surface area contributed by atoms with Crippen LogP contribution in [0.4, 0.5) is 5.69 Å². The zero-order valence-electron chi connectivity index (χ0n) is 16.6. The zero-order valence-corrected chi connectivity index (χ0v) is 18.1. The van der Waals surface area contributed by atoms with Crippen LogP contribution in [0, 0.1) is 5.92 Å². The third-order valence-electron chi connectivity index (χ3n) is 3.70. The molecule has 0 heterocycles. The highest BCUT2D eigenvalue weighted by Gasteiger charge is 2.17. The molecule has 2 N–H and O–H groups in total. The molecule has 2 rings (SSSR count). The van der Waals surface area contributed by atoms with Gasteiger partial charge in [-0.1, -0.05) is 25.4 Å². The van der Waals surface area contributed by atoms with Crippen LogP contribution in [-0.2, 0) is 14.8 Å². The van der Waals surface area contributed by atoms with Gasteiger partial charge >= 0.3 is 0 Å². The zero-order chi connectivity index (χ0) is 21.4. The summed E-state index contributed by atoms with van der Waals surface area (Å²) in [5.74, 6) is 0.933. The second-order valence-corrected chi connectivity index (χ2v) is 8.73. The summed E-state index contributed by atoms with van der Waals surface area (Å²) >= 11 is 6.14. The van der Waals surface area contributed by atoms with Crippen LogP contribution in [0.25, 0.3) is 0 Å². The highest BCUT2D eigenvalue weighted by molar-refractivity contribution is 7.92. The maximum absolute atomic E-state index is 12.6. The van der Waals surface area contributed by atoms with Gasteiger partial charge < -0.3 is 14.8 Å². The Labute approximate surface area is 176 Å². The Morgan fingerprint density at radius 2 is 1.79 bits per heavy atom. The van der Waals surface area contributed by atoms with Gasteiger partial charge in [0.05, 0.1) is 16.5 Å². The van der Waals surface area contributed by atoms with Gasteiger partial charge in [0.1, 0.15) is 11.5 Å². The third kappa shape index (κ3) is 7.14. The van der Waals surface area contributed by atoms with Crippen molar-refractivity contribution in [2.24, 2.45) is 5.92 Å². The molecule has 2 aromatic carbocycles. The molecule has 0 bridgehead atoms. The number of hydrogen-bond acceptors (Lipinski definition) is 5. The summed E-state index contributed by atoms with van der Waals surface area (Å²) < 4.78 is 38.4. The normalized spacial score (nSPS) is 11.2. The van der Waals surface area contributed by atoms with E-state index in [0.717, 1.165) is 0 Å². The van der Waals surface area contributed by atoms with E-state index in [2.05, 4.69) is 10.0 Å². The van der Waals surface area contributed by atoms with Gasteiger partial charge in [-0.3, -0.25) is 9.52 Å². The average molecular weight is 441 g/mol. The minimum Gasteiger partial charge on any atom is -0.494 e. The van der Waals surface area contributed by atoms with E-state index in [9.17, 15) is 13.2 Å². The fourth-order valence-electron chi connectivity index (χ4n) is 2.28. The third-order valence-corrected chi connectivity index (χ3v) is 5.37. The van der Waals surface area contributed by atoms with Gasteiger partial charge in [-0.05, 0) is 55.3 Å². The summed E-state index contributed by atoms with van der Waals surface area (Å²) in [6.07, 6.45) is 0. The molecule has 0 fully saturated rings. The molecule has 0 radical (unpaired) electrons. The van der Waals surface area contributed by atoms with Crippen LogP contribution in [-0.4, -0.2) is 34.1 Å². The minimum atomic E-state index is -3.84. The lowest BCUT2D eigenvalue weighted by Crippen LogP contribution is -2.31. The highest BCUT2D eigenvalue weighted by Crippen LogP contribution is 2.28. The van der Waals surface area contributed by atoms with Crippen LogP contribution in [0.5, 0.6) is 11.5 Å². The Balaban J connectivity index is 2.02. The van der Waals surface area contributed by atoms with Crippen LogP contribution in [0.3, 0.4) is 0 Å². The van der Waals surface area contributed by atoms with Crippen LogP contribution in [0.1, 0.15) is 20.8 Å². The second-order valence-electron chi connectivity index (χ2n) is 6.64. The number of sulfonamides is 1. The fourth-order valence-corrected chi connectivity index (χ4v) is 3.66. The van der Waals surface area contributed by atoms with E-state index >= 15 is 0 Å². The Bertz CT molecular complexity index is 930. The lowest BCUT2D eigenvalue weighted by Gasteiger charge is -2.12. The van der Waals surface area contributed by atoms with Gasteiger partial charge in [0.25, 0.3) is 15.9 Å². The number of rotatable bonds is 10. The number of benzene rings is 2. The molecule has 29 heavy (non-hydrogen) atoms. The molecule has 0 unspecified atom stereocenters. The largest absolute Gasteiger partial charge is 0.494 e. The van der Waals surface area contributed by atoms with Crippen molar-refractivity contribution >= 4 is 33.2 Å². The number of amides is 1. The molecule has 0 aliphatic rings. The van der Waals surface area contributed by atoms with Gasteiger partial charge in [-0.2, -0.15) is 0 Å². The molecule has 1 amide bonds. The first-order chi connectivity index (χ1) is 13.7. The number of carbonyl (C=O) groups excluding carboxylic acids is 1. The quantitative estimate of drug-likeness (QED) is 0.587. The van der Waals surface area contributed by atoms with Crippen LogP contribution >= 0.6 is 11.6 Å². The summed E-state index contributed by atoms with van der Waals surface area (Å²) in [6, 6.07) is 10.6. The number of ether oxygens (including phenoxy) is 2. The van der Waals surface area contributed by atoms with Crippen molar-refractivity contribution in [1.29, 1.82) is 0 Å². The highest BCUT2D eigenvalue weighted by atomic mass is 35.5. The van der Waals surface area contributed by atoms with Crippen molar-refractivity contribution in [1.82, 2.24) is 5.32 Å². The lowest BCUT2D eigenvalue weighted by atomic mass is 10.2. The molecule has 0 saturated heterocycles. The Hall–Kier alpha value is -2.45. The monoisotopic (exact) mass is 440 g/mol. The molecule has 0 atom stereocenters. The Morgan fingerprint density at radius 1 is 1.10 bits per heavy atom. The first-order valence-electron chi connectivity index (χ1n) is 9.16. The van der Waals surface area contributed by atoms with E-state index in [-0.39, 0.29) is 28.2 Å². The molecule has 0 saturated carbocycles. The van der Waals surface area contributed by atoms with Gasteiger partial charge in [-0.25, -0.2) is 8.42 Å². The standard InChI is InChI=1S/C20H25ClN2O5S/c1-4-27-16-7-5-15(6-8-16)23-29(25,26)17-9-10-19(18(21)11-17)28-13-20(24)22-12-14(2)3/h5-11,14,23H,4,12-13H2,1-3H3,(H,22,24). The summed E-state index contributed by atoms with van der Waals surface area (Å²) in [7, 11) is -3.84. The van der Waals surface area contributed by atoms with Crippen LogP contribution in [0.2, 0.25) is 5.02 Å². The van der Waals surface area contributed by atoms with Gasteiger partial charge in [0.15, 0.2) is 6.61 Å². The molecule has 9 heteroatoms. The minimum absolute atomic E-state index is 0.0204. The van der Waals surface area contributed by atoms with Gasteiger partial charge in [0, 0.05) is 12.2 Å². The summed E-state index contributed by atoms with van der Waals surface area (Å²) in [4.78, 5) is 11.7. The van der Waals surface area contributed by atoms with Crippen molar-refractivity contribution < 1.29 is 22.7 Å². The molecule has 0 aromatic heterocycles. The smallest absolute Gasteiger partial charge is 0.261 e. The topological polar surface area (TPSA) is 93.7 Å². The van der Waals surface area contributed by atoms with Crippen molar-refractivity contribution in [3.63, 3.8) is 0 Å². The van der Waals surface area contributed by atoms with Gasteiger partial charge in [0.2, 0.25) is 0 Å². The molecule has 2 aromatic rings. The van der Waals surface area contributed by atoms with E-state index in [1.54, 1.807) is 24.3 Å². The van der Waals surface area contributed by atoms with Gasteiger partial charge in [-0.15, -0.1) is 0 Å². The Morgan fingerprint density at radius 3 is 2.38 bits per heavy atom. The average Bonchev–Trinajstić information content (AvgIpc) is 2.67. The molecule has 7 nitrogen and oxygen atoms in total. The van der Waals surface area contributed by atoms with E-state index in [0.29, 0.717) is 30.5 Å². The summed E-state index contributed by atoms with van der Waals surface area (Å²) in [5.41, 5.74) is 0.395. The van der Waals surface area contributed by atoms with Crippen molar-refractivity contribution in [3.8, 4) is 11.5 Å². The summed E-state index contributed by atoms with van der Waals surface area (Å²) in [5, 5.41) is 2.82. The first-order valence-corrected chi connectivity index (χ1v) is 11.0. The van der Waals surface area contributed by atoms with Crippen LogP contribution < -0.4 is 19.5 Å². The molecular weight excluding hydrogens is 416 g/mol. The number of halogens is 1. The van der Waals surface area contributed by atoms with E-state index in [4.69, 9.17) is 21.1 Å². The SMILES string of the molecule is CCOc1ccc(NS(=O)(=O)c2ccc(OCC(=O)NCC(C)C)c(Cl)c2)cc1. The molecule has 0 aliphatic heterocycles. The molecular formula is C20H25ClN2O5S. The number of hydrogen-bond donors (Lipinski definition) is 2. The van der Waals surface area contributed by atoms with Crippen LogP contribution in [0.15, 0.2) is 47.4 Å². The van der Waals surface area contributed by atoms with E-state index in [1.807, 2.05) is 20.8 Å². The Kier molecular flexibility index (Phi) is 8.16. The number of carbonyl (C=O) groups is 1. The maximum atomic E-state index is 12.6. The molecule has 0 aliphatic carbocycles. The second kappa shape index (κ2) is 10.4. The summed E-state index contributed by atoms with van der Waals surface area (Å²) in [6.45, 7) is 6.70. The van der Waals surface area contributed by atoms with E-state index in [1.165, 1.54) is 18.2 Å².